The average molecular weight is 310 g/mol. The second kappa shape index (κ2) is 7.53. The first-order chi connectivity index (χ1) is 10.1. The molecule has 0 aliphatic carbocycles. The molecule has 2 heterocycles. The van der Waals surface area contributed by atoms with Crippen LogP contribution < -0.4 is 16.6 Å². The maximum Gasteiger partial charge on any atom is 0.279 e. The topological polar surface area (TPSA) is 87.5 Å². The SMILES string of the molecule is CC(N)C1CCCCN1CC(=O)NNC(=O)c1cccs1. The van der Waals surface area contributed by atoms with E-state index in [1.807, 2.05) is 12.3 Å². The van der Waals surface area contributed by atoms with Gasteiger partial charge in [-0.25, -0.2) is 0 Å². The van der Waals surface area contributed by atoms with Crippen molar-refractivity contribution < 1.29 is 9.59 Å². The van der Waals surface area contributed by atoms with Gasteiger partial charge in [0.2, 0.25) is 0 Å². The van der Waals surface area contributed by atoms with Gasteiger partial charge in [-0.2, -0.15) is 0 Å². The lowest BCUT2D eigenvalue weighted by atomic mass is 9.97. The molecule has 2 amide bonds. The number of carbonyl (C=O) groups excluding carboxylic acids is 2. The minimum atomic E-state index is -0.291. The van der Waals surface area contributed by atoms with Crippen LogP contribution in [0.2, 0.25) is 0 Å². The normalized spacial score (nSPS) is 20.8. The molecule has 1 aromatic rings. The highest BCUT2D eigenvalue weighted by atomic mass is 32.1. The molecular weight excluding hydrogens is 288 g/mol. The monoisotopic (exact) mass is 310 g/mol. The summed E-state index contributed by atoms with van der Waals surface area (Å²) in [6, 6.07) is 3.78. The van der Waals surface area contributed by atoms with Gasteiger partial charge in [-0.15, -0.1) is 11.3 Å². The third kappa shape index (κ3) is 4.52. The zero-order valence-corrected chi connectivity index (χ0v) is 13.0. The van der Waals surface area contributed by atoms with Crippen LogP contribution in [0.15, 0.2) is 17.5 Å². The Labute approximate surface area is 128 Å². The van der Waals surface area contributed by atoms with Crippen LogP contribution in [0, 0.1) is 0 Å². The number of thiophene rings is 1. The Hall–Kier alpha value is -1.44. The first-order valence-corrected chi connectivity index (χ1v) is 8.08. The molecule has 4 N–H and O–H groups in total. The van der Waals surface area contributed by atoms with Gasteiger partial charge in [-0.05, 0) is 37.8 Å². The fourth-order valence-electron chi connectivity index (χ4n) is 2.63. The fraction of sp³-hybridized carbons (Fsp3) is 0.571. The molecule has 7 heteroatoms. The molecule has 0 spiro atoms. The summed E-state index contributed by atoms with van der Waals surface area (Å²) in [5.74, 6) is -0.506. The van der Waals surface area contributed by atoms with Gasteiger partial charge in [0.15, 0.2) is 0 Å². The van der Waals surface area contributed by atoms with E-state index in [4.69, 9.17) is 5.73 Å². The molecule has 0 bridgehead atoms. The largest absolute Gasteiger partial charge is 0.327 e. The Bertz CT molecular complexity index is 475. The van der Waals surface area contributed by atoms with E-state index in [0.29, 0.717) is 4.88 Å². The summed E-state index contributed by atoms with van der Waals surface area (Å²) < 4.78 is 0. The third-order valence-corrected chi connectivity index (χ3v) is 4.55. The summed E-state index contributed by atoms with van der Waals surface area (Å²) in [7, 11) is 0. The van der Waals surface area contributed by atoms with Gasteiger partial charge in [0, 0.05) is 12.1 Å². The Balaban J connectivity index is 1.79. The van der Waals surface area contributed by atoms with E-state index in [-0.39, 0.29) is 30.4 Å². The molecule has 0 radical (unpaired) electrons. The smallest absolute Gasteiger partial charge is 0.279 e. The van der Waals surface area contributed by atoms with Crippen molar-refractivity contribution >= 4 is 23.2 Å². The molecule has 1 saturated heterocycles. The number of hydrazine groups is 1. The summed E-state index contributed by atoms with van der Waals surface area (Å²) in [6.45, 7) is 3.11. The highest BCUT2D eigenvalue weighted by molar-refractivity contribution is 7.12. The van der Waals surface area contributed by atoms with Crippen LogP contribution in [0.5, 0.6) is 0 Å². The second-order valence-electron chi connectivity index (χ2n) is 5.37. The number of rotatable bonds is 4. The number of carbonyl (C=O) groups is 2. The summed E-state index contributed by atoms with van der Waals surface area (Å²) in [6.07, 6.45) is 3.25. The van der Waals surface area contributed by atoms with Gasteiger partial charge in [0.25, 0.3) is 11.8 Å². The van der Waals surface area contributed by atoms with E-state index in [9.17, 15) is 9.59 Å². The van der Waals surface area contributed by atoms with Gasteiger partial charge < -0.3 is 5.73 Å². The molecule has 1 aromatic heterocycles. The zero-order chi connectivity index (χ0) is 15.2. The summed E-state index contributed by atoms with van der Waals surface area (Å²) >= 11 is 1.33. The van der Waals surface area contributed by atoms with Crippen LogP contribution in [0.3, 0.4) is 0 Å². The van der Waals surface area contributed by atoms with Gasteiger partial charge >= 0.3 is 0 Å². The van der Waals surface area contributed by atoms with E-state index < -0.39 is 0 Å². The molecule has 2 atom stereocenters. The lowest BCUT2D eigenvalue weighted by Crippen LogP contribution is -2.54. The molecule has 1 aliphatic heterocycles. The Kier molecular flexibility index (Phi) is 5.72. The molecule has 2 rings (SSSR count). The van der Waals surface area contributed by atoms with Crippen LogP contribution in [-0.2, 0) is 4.79 Å². The van der Waals surface area contributed by atoms with E-state index in [1.54, 1.807) is 12.1 Å². The molecule has 1 aliphatic rings. The van der Waals surface area contributed by atoms with E-state index >= 15 is 0 Å². The highest BCUT2D eigenvalue weighted by Crippen LogP contribution is 2.18. The van der Waals surface area contributed by atoms with Crippen molar-refractivity contribution in [2.24, 2.45) is 5.73 Å². The Morgan fingerprint density at radius 1 is 1.48 bits per heavy atom. The average Bonchev–Trinajstić information content (AvgIpc) is 2.99. The number of hydrogen-bond donors (Lipinski definition) is 3. The van der Waals surface area contributed by atoms with Crippen molar-refractivity contribution in [3.05, 3.63) is 22.4 Å². The van der Waals surface area contributed by atoms with Crippen LogP contribution in [0.25, 0.3) is 0 Å². The number of likely N-dealkylation sites (tertiary alicyclic amines) is 1. The van der Waals surface area contributed by atoms with Crippen LogP contribution in [0.1, 0.15) is 35.9 Å². The molecule has 2 unspecified atom stereocenters. The maximum atomic E-state index is 11.9. The molecule has 116 valence electrons. The molecule has 21 heavy (non-hydrogen) atoms. The highest BCUT2D eigenvalue weighted by Gasteiger charge is 2.26. The standard InChI is InChI=1S/C14H22N4O2S/c1-10(15)11-5-2-3-7-18(11)9-13(19)16-17-14(20)12-6-4-8-21-12/h4,6,8,10-11H,2-3,5,7,9,15H2,1H3,(H,16,19)(H,17,20). The number of nitrogens with zero attached hydrogens (tertiary/aromatic N) is 1. The third-order valence-electron chi connectivity index (χ3n) is 3.68. The minimum absolute atomic E-state index is 0.0406. The Morgan fingerprint density at radius 3 is 2.95 bits per heavy atom. The maximum absolute atomic E-state index is 11.9. The lowest BCUT2D eigenvalue weighted by Gasteiger charge is -2.37. The molecular formula is C14H22N4O2S. The number of nitrogens with two attached hydrogens (primary N) is 1. The molecule has 1 fully saturated rings. The van der Waals surface area contributed by atoms with Crippen LogP contribution in [-0.4, -0.2) is 41.9 Å². The van der Waals surface area contributed by atoms with Crippen LogP contribution in [0.4, 0.5) is 0 Å². The predicted molar refractivity (Wildman–Crippen MR) is 82.8 cm³/mol. The quantitative estimate of drug-likeness (QED) is 0.715. The number of nitrogens with one attached hydrogen (secondary N) is 2. The van der Waals surface area contributed by atoms with Crippen molar-refractivity contribution in [1.29, 1.82) is 0 Å². The molecule has 6 nitrogen and oxygen atoms in total. The van der Waals surface area contributed by atoms with Crippen molar-refractivity contribution in [2.45, 2.75) is 38.3 Å². The van der Waals surface area contributed by atoms with Gasteiger partial charge in [-0.1, -0.05) is 12.5 Å². The lowest BCUT2D eigenvalue weighted by molar-refractivity contribution is -0.124. The minimum Gasteiger partial charge on any atom is -0.327 e. The zero-order valence-electron chi connectivity index (χ0n) is 12.2. The van der Waals surface area contributed by atoms with E-state index in [0.717, 1.165) is 25.8 Å². The summed E-state index contributed by atoms with van der Waals surface area (Å²) in [5, 5.41) is 1.82. The molecule has 0 aromatic carbocycles. The number of piperidine rings is 1. The molecule has 0 saturated carbocycles. The van der Waals surface area contributed by atoms with Crippen LogP contribution >= 0.6 is 11.3 Å². The first-order valence-electron chi connectivity index (χ1n) is 7.20. The Morgan fingerprint density at radius 2 is 2.29 bits per heavy atom. The summed E-state index contributed by atoms with van der Waals surface area (Å²) in [5.41, 5.74) is 10.9. The van der Waals surface area contributed by atoms with Gasteiger partial charge in [-0.3, -0.25) is 25.3 Å². The summed E-state index contributed by atoms with van der Waals surface area (Å²) in [4.78, 5) is 26.3. The van der Waals surface area contributed by atoms with Crippen molar-refractivity contribution in [3.63, 3.8) is 0 Å². The van der Waals surface area contributed by atoms with E-state index in [2.05, 4.69) is 15.8 Å². The first kappa shape index (κ1) is 15.9. The van der Waals surface area contributed by atoms with Gasteiger partial charge in [0.05, 0.1) is 11.4 Å². The predicted octanol–water partition coefficient (Wildman–Crippen LogP) is 0.711. The fourth-order valence-corrected chi connectivity index (χ4v) is 3.25. The number of hydrogen-bond acceptors (Lipinski definition) is 5. The van der Waals surface area contributed by atoms with Crippen molar-refractivity contribution in [2.75, 3.05) is 13.1 Å². The van der Waals surface area contributed by atoms with Crippen molar-refractivity contribution in [3.8, 4) is 0 Å². The van der Waals surface area contributed by atoms with Crippen molar-refractivity contribution in [1.82, 2.24) is 15.8 Å². The van der Waals surface area contributed by atoms with E-state index in [1.165, 1.54) is 11.3 Å². The second-order valence-corrected chi connectivity index (χ2v) is 6.32. The number of amides is 2. The van der Waals surface area contributed by atoms with Gasteiger partial charge in [0.1, 0.15) is 0 Å².